The zero-order valence-electron chi connectivity index (χ0n) is 11.6. The normalized spacial score (nSPS) is 17.6. The lowest BCUT2D eigenvalue weighted by Crippen LogP contribution is -2.19. The maximum Gasteiger partial charge on any atom is 0.173 e. The molecule has 0 spiro atoms. The smallest absolute Gasteiger partial charge is 0.173 e. The fourth-order valence-electron chi connectivity index (χ4n) is 3.22. The van der Waals surface area contributed by atoms with E-state index in [9.17, 15) is 4.79 Å². The number of thiophene rings is 1. The van der Waals surface area contributed by atoms with Crippen LogP contribution in [0.4, 0.5) is 0 Å². The lowest BCUT2D eigenvalue weighted by Gasteiger charge is -2.22. The Hall–Kier alpha value is -2.00. The minimum Gasteiger partial charge on any atom is -0.293 e. The second-order valence-electron chi connectivity index (χ2n) is 5.50. The molecular formula is C18H15NOS. The van der Waals surface area contributed by atoms with Gasteiger partial charge in [-0.1, -0.05) is 24.3 Å². The van der Waals surface area contributed by atoms with E-state index in [0.717, 1.165) is 35.9 Å². The fourth-order valence-corrected chi connectivity index (χ4v) is 4.17. The Morgan fingerprint density at radius 2 is 2.10 bits per heavy atom. The minimum atomic E-state index is -0.0760. The molecule has 2 nitrogen and oxygen atoms in total. The standard InChI is InChI=1S/C18H15NOS/c20-18(15-11-21-16-9-2-1-7-13(15)16)14-8-3-5-12-6-4-10-19-17(12)14/h1-2,4,6-7,9-11,14H,3,5,8H2. The number of pyridine rings is 1. The quantitative estimate of drug-likeness (QED) is 0.646. The first-order valence-corrected chi connectivity index (χ1v) is 8.17. The molecule has 2 heterocycles. The van der Waals surface area contributed by atoms with Crippen LogP contribution in [0, 0.1) is 0 Å². The molecule has 0 bridgehead atoms. The maximum absolute atomic E-state index is 13.0. The van der Waals surface area contributed by atoms with Gasteiger partial charge in [-0.3, -0.25) is 9.78 Å². The van der Waals surface area contributed by atoms with Crippen molar-refractivity contribution in [1.29, 1.82) is 0 Å². The van der Waals surface area contributed by atoms with Gasteiger partial charge in [0.15, 0.2) is 5.78 Å². The third kappa shape index (κ3) is 2.09. The Balaban J connectivity index is 1.79. The molecule has 104 valence electrons. The molecule has 1 aliphatic carbocycles. The maximum atomic E-state index is 13.0. The molecule has 21 heavy (non-hydrogen) atoms. The lowest BCUT2D eigenvalue weighted by molar-refractivity contribution is 0.0951. The van der Waals surface area contributed by atoms with Crippen molar-refractivity contribution in [2.24, 2.45) is 0 Å². The molecular weight excluding hydrogens is 278 g/mol. The number of rotatable bonds is 2. The molecule has 1 unspecified atom stereocenters. The first-order valence-electron chi connectivity index (χ1n) is 7.29. The van der Waals surface area contributed by atoms with Crippen molar-refractivity contribution in [2.45, 2.75) is 25.2 Å². The van der Waals surface area contributed by atoms with E-state index in [1.807, 2.05) is 29.6 Å². The number of nitrogens with zero attached hydrogens (tertiary/aromatic N) is 1. The summed E-state index contributed by atoms with van der Waals surface area (Å²) in [6.07, 6.45) is 4.82. The van der Waals surface area contributed by atoms with Crippen LogP contribution in [0.15, 0.2) is 48.0 Å². The Morgan fingerprint density at radius 3 is 3.05 bits per heavy atom. The minimum absolute atomic E-state index is 0.0760. The van der Waals surface area contributed by atoms with Gasteiger partial charge in [0, 0.05) is 27.2 Å². The van der Waals surface area contributed by atoms with E-state index in [2.05, 4.69) is 17.1 Å². The van der Waals surface area contributed by atoms with Gasteiger partial charge in [-0.05, 0) is 37.0 Å². The number of hydrogen-bond donors (Lipinski definition) is 0. The van der Waals surface area contributed by atoms with Crippen LogP contribution >= 0.6 is 11.3 Å². The van der Waals surface area contributed by atoms with E-state index >= 15 is 0 Å². The number of aromatic nitrogens is 1. The number of Topliss-reactive ketones (excluding diaryl/α,β-unsaturated/α-hetero) is 1. The Labute approximate surface area is 127 Å². The molecule has 0 amide bonds. The average Bonchev–Trinajstić information content (AvgIpc) is 2.98. The summed E-state index contributed by atoms with van der Waals surface area (Å²) in [5, 5.41) is 3.08. The van der Waals surface area contributed by atoms with Gasteiger partial charge in [0.2, 0.25) is 0 Å². The van der Waals surface area contributed by atoms with E-state index in [1.165, 1.54) is 10.3 Å². The molecule has 0 aliphatic heterocycles. The fraction of sp³-hybridized carbons (Fsp3) is 0.222. The summed E-state index contributed by atoms with van der Waals surface area (Å²) >= 11 is 1.65. The molecule has 0 N–H and O–H groups in total. The van der Waals surface area contributed by atoms with Gasteiger partial charge in [0.25, 0.3) is 0 Å². The molecule has 1 aromatic carbocycles. The van der Waals surface area contributed by atoms with Crippen LogP contribution in [0.2, 0.25) is 0 Å². The van der Waals surface area contributed by atoms with Crippen LogP contribution in [0.3, 0.4) is 0 Å². The molecule has 1 atom stereocenters. The van der Waals surface area contributed by atoms with E-state index in [-0.39, 0.29) is 11.7 Å². The van der Waals surface area contributed by atoms with Gasteiger partial charge in [0.05, 0.1) is 11.6 Å². The summed E-state index contributed by atoms with van der Waals surface area (Å²) in [5.41, 5.74) is 3.09. The van der Waals surface area contributed by atoms with Crippen molar-refractivity contribution >= 4 is 27.2 Å². The molecule has 2 aromatic heterocycles. The van der Waals surface area contributed by atoms with Crippen molar-refractivity contribution in [3.8, 4) is 0 Å². The summed E-state index contributed by atoms with van der Waals surface area (Å²) in [6.45, 7) is 0. The van der Waals surface area contributed by atoms with Crippen molar-refractivity contribution in [1.82, 2.24) is 4.98 Å². The topological polar surface area (TPSA) is 30.0 Å². The van der Waals surface area contributed by atoms with E-state index in [0.29, 0.717) is 0 Å². The van der Waals surface area contributed by atoms with E-state index < -0.39 is 0 Å². The summed E-state index contributed by atoms with van der Waals surface area (Å²) in [7, 11) is 0. The lowest BCUT2D eigenvalue weighted by atomic mass is 9.82. The van der Waals surface area contributed by atoms with Crippen molar-refractivity contribution in [2.75, 3.05) is 0 Å². The SMILES string of the molecule is O=C(c1csc2ccccc12)C1CCCc2cccnc21. The van der Waals surface area contributed by atoms with E-state index in [4.69, 9.17) is 0 Å². The van der Waals surface area contributed by atoms with Gasteiger partial charge in [-0.2, -0.15) is 0 Å². The Kier molecular flexibility index (Phi) is 3.08. The number of ketones is 1. The Morgan fingerprint density at radius 1 is 1.19 bits per heavy atom. The van der Waals surface area contributed by atoms with E-state index in [1.54, 1.807) is 17.5 Å². The summed E-state index contributed by atoms with van der Waals surface area (Å²) in [4.78, 5) is 17.5. The molecule has 0 saturated heterocycles. The molecule has 0 radical (unpaired) electrons. The second-order valence-corrected chi connectivity index (χ2v) is 6.41. The second kappa shape index (κ2) is 5.08. The van der Waals surface area contributed by atoms with Gasteiger partial charge in [-0.15, -0.1) is 11.3 Å². The van der Waals surface area contributed by atoms with Crippen LogP contribution in [0.1, 0.15) is 40.4 Å². The highest BCUT2D eigenvalue weighted by Gasteiger charge is 2.29. The predicted octanol–water partition coefficient (Wildman–Crippen LogP) is 4.60. The zero-order chi connectivity index (χ0) is 14.2. The summed E-state index contributed by atoms with van der Waals surface area (Å²) in [6, 6.07) is 12.2. The van der Waals surface area contributed by atoms with Crippen molar-refractivity contribution in [3.63, 3.8) is 0 Å². The highest BCUT2D eigenvalue weighted by atomic mass is 32.1. The van der Waals surface area contributed by atoms with Gasteiger partial charge < -0.3 is 0 Å². The molecule has 0 fully saturated rings. The van der Waals surface area contributed by atoms with Crippen molar-refractivity contribution in [3.05, 3.63) is 64.8 Å². The van der Waals surface area contributed by atoms with Crippen LogP contribution in [-0.4, -0.2) is 10.8 Å². The molecule has 4 rings (SSSR count). The monoisotopic (exact) mass is 293 g/mol. The molecule has 0 saturated carbocycles. The number of aryl methyl sites for hydroxylation is 1. The highest BCUT2D eigenvalue weighted by Crippen LogP contribution is 2.35. The number of benzene rings is 1. The first-order chi connectivity index (χ1) is 10.3. The zero-order valence-corrected chi connectivity index (χ0v) is 12.4. The van der Waals surface area contributed by atoms with Crippen LogP contribution < -0.4 is 0 Å². The summed E-state index contributed by atoms with van der Waals surface area (Å²) < 4.78 is 1.18. The first kappa shape index (κ1) is 12.7. The van der Waals surface area contributed by atoms with Crippen molar-refractivity contribution < 1.29 is 4.79 Å². The average molecular weight is 293 g/mol. The molecule has 3 heteroatoms. The van der Waals surface area contributed by atoms with Crippen LogP contribution in [0.25, 0.3) is 10.1 Å². The van der Waals surface area contributed by atoms with Crippen LogP contribution in [0.5, 0.6) is 0 Å². The third-order valence-corrected chi connectivity index (χ3v) is 5.22. The number of carbonyl (C=O) groups excluding carboxylic acids is 1. The number of hydrogen-bond acceptors (Lipinski definition) is 3. The predicted molar refractivity (Wildman–Crippen MR) is 86.1 cm³/mol. The van der Waals surface area contributed by atoms with Crippen LogP contribution in [-0.2, 0) is 6.42 Å². The van der Waals surface area contributed by atoms with Gasteiger partial charge >= 0.3 is 0 Å². The van der Waals surface area contributed by atoms with Gasteiger partial charge in [0.1, 0.15) is 0 Å². The number of carbonyl (C=O) groups is 1. The Bertz CT molecular complexity index is 821. The number of fused-ring (bicyclic) bond motifs is 2. The molecule has 1 aliphatic rings. The largest absolute Gasteiger partial charge is 0.293 e. The van der Waals surface area contributed by atoms with Gasteiger partial charge in [-0.25, -0.2) is 0 Å². The summed E-state index contributed by atoms with van der Waals surface area (Å²) in [5.74, 6) is 0.153. The highest BCUT2D eigenvalue weighted by molar-refractivity contribution is 7.17. The third-order valence-electron chi connectivity index (χ3n) is 4.26. The molecule has 3 aromatic rings.